The van der Waals surface area contributed by atoms with Crippen molar-refractivity contribution < 1.29 is 4.74 Å². The maximum absolute atomic E-state index is 6.46. The molecule has 0 radical (unpaired) electrons. The number of rotatable bonds is 6. The van der Waals surface area contributed by atoms with Crippen LogP contribution in [0, 0.1) is 22.2 Å². The Morgan fingerprint density at radius 2 is 1.84 bits per heavy atom. The SMILES string of the molecule is CCC(CC)(CS)COC1CC2CCC1(C)C2(C)C. The Kier molecular flexibility index (Phi) is 4.34. The molecule has 0 heterocycles. The monoisotopic (exact) mass is 284 g/mol. The summed E-state index contributed by atoms with van der Waals surface area (Å²) < 4.78 is 6.46. The Bertz CT molecular complexity index is 313. The number of fused-ring (bicyclic) bond motifs is 2. The van der Waals surface area contributed by atoms with Crippen LogP contribution in [0.25, 0.3) is 0 Å². The lowest BCUT2D eigenvalue weighted by Crippen LogP contribution is -2.40. The largest absolute Gasteiger partial charge is 0.377 e. The van der Waals surface area contributed by atoms with Crippen LogP contribution in [0.1, 0.15) is 66.7 Å². The molecule has 2 fully saturated rings. The second-order valence-corrected chi connectivity index (χ2v) is 8.09. The van der Waals surface area contributed by atoms with Gasteiger partial charge in [-0.3, -0.25) is 0 Å². The Labute approximate surface area is 125 Å². The molecule has 0 N–H and O–H groups in total. The molecule has 0 aromatic carbocycles. The fourth-order valence-electron chi connectivity index (χ4n) is 4.38. The lowest BCUT2D eigenvalue weighted by molar-refractivity contribution is -0.0758. The van der Waals surface area contributed by atoms with Crippen LogP contribution in [0.15, 0.2) is 0 Å². The minimum atomic E-state index is 0.283. The van der Waals surface area contributed by atoms with E-state index >= 15 is 0 Å². The fraction of sp³-hybridized carbons (Fsp3) is 1.00. The normalized spacial score (nSPS) is 36.9. The van der Waals surface area contributed by atoms with Crippen molar-refractivity contribution >= 4 is 12.6 Å². The summed E-state index contributed by atoms with van der Waals surface area (Å²) in [4.78, 5) is 0. The first-order valence-electron chi connectivity index (χ1n) is 8.07. The van der Waals surface area contributed by atoms with Gasteiger partial charge in [0.25, 0.3) is 0 Å². The van der Waals surface area contributed by atoms with Crippen LogP contribution < -0.4 is 0 Å². The highest BCUT2D eigenvalue weighted by atomic mass is 32.1. The maximum atomic E-state index is 6.46. The molecule has 0 aliphatic heterocycles. The summed E-state index contributed by atoms with van der Waals surface area (Å²) in [5.74, 6) is 1.81. The topological polar surface area (TPSA) is 9.23 Å². The predicted molar refractivity (Wildman–Crippen MR) is 85.8 cm³/mol. The lowest BCUT2D eigenvalue weighted by atomic mass is 9.70. The van der Waals surface area contributed by atoms with Crippen molar-refractivity contribution in [2.75, 3.05) is 12.4 Å². The molecule has 3 atom stereocenters. The molecule has 2 heteroatoms. The van der Waals surface area contributed by atoms with Crippen molar-refractivity contribution in [2.24, 2.45) is 22.2 Å². The summed E-state index contributed by atoms with van der Waals surface area (Å²) in [6, 6.07) is 0. The van der Waals surface area contributed by atoms with Crippen LogP contribution in [0.4, 0.5) is 0 Å². The van der Waals surface area contributed by atoms with E-state index in [1.807, 2.05) is 0 Å². The van der Waals surface area contributed by atoms with Crippen molar-refractivity contribution in [3.05, 3.63) is 0 Å². The number of ether oxygens (including phenoxy) is 1. The zero-order chi connectivity index (χ0) is 14.3. The van der Waals surface area contributed by atoms with E-state index in [1.165, 1.54) is 32.1 Å². The van der Waals surface area contributed by atoms with Crippen LogP contribution in [0.2, 0.25) is 0 Å². The third-order valence-electron chi connectivity index (χ3n) is 7.14. The number of hydrogen-bond donors (Lipinski definition) is 1. The van der Waals surface area contributed by atoms with Gasteiger partial charge in [0.2, 0.25) is 0 Å². The molecule has 0 aromatic heterocycles. The highest BCUT2D eigenvalue weighted by Gasteiger charge is 2.62. The molecule has 19 heavy (non-hydrogen) atoms. The number of thiol groups is 1. The molecule has 2 saturated carbocycles. The molecular formula is C17H32OS. The van der Waals surface area contributed by atoms with E-state index < -0.39 is 0 Å². The molecule has 112 valence electrons. The van der Waals surface area contributed by atoms with Gasteiger partial charge in [0.15, 0.2) is 0 Å². The van der Waals surface area contributed by atoms with E-state index in [2.05, 4.69) is 47.2 Å². The lowest BCUT2D eigenvalue weighted by Gasteiger charge is -2.41. The molecule has 0 saturated heterocycles. The van der Waals surface area contributed by atoms with Crippen molar-refractivity contribution in [1.29, 1.82) is 0 Å². The van der Waals surface area contributed by atoms with E-state index in [4.69, 9.17) is 4.74 Å². The van der Waals surface area contributed by atoms with Gasteiger partial charge in [-0.2, -0.15) is 12.6 Å². The second kappa shape index (κ2) is 5.26. The zero-order valence-electron chi connectivity index (χ0n) is 13.5. The van der Waals surface area contributed by atoms with Crippen molar-refractivity contribution in [1.82, 2.24) is 0 Å². The van der Waals surface area contributed by atoms with Crippen molar-refractivity contribution in [3.8, 4) is 0 Å². The molecular weight excluding hydrogens is 252 g/mol. The first-order chi connectivity index (χ1) is 8.85. The summed E-state index contributed by atoms with van der Waals surface area (Å²) >= 11 is 4.57. The molecule has 1 nitrogen and oxygen atoms in total. The van der Waals surface area contributed by atoms with Crippen LogP contribution in [0.3, 0.4) is 0 Å². The molecule has 2 bridgehead atoms. The Balaban J connectivity index is 2.02. The highest BCUT2D eigenvalue weighted by Crippen LogP contribution is 2.66. The van der Waals surface area contributed by atoms with E-state index in [-0.39, 0.29) is 5.41 Å². The molecule has 0 aromatic rings. The standard InChI is InChI=1S/C17H32OS/c1-6-17(7-2,12-19)11-18-14-10-13-8-9-16(14,5)15(13,3)4/h13-14,19H,6-12H2,1-5H3. The maximum Gasteiger partial charge on any atom is 0.0637 e. The first kappa shape index (κ1) is 15.7. The minimum Gasteiger partial charge on any atom is -0.377 e. The van der Waals surface area contributed by atoms with Crippen LogP contribution in [0.5, 0.6) is 0 Å². The van der Waals surface area contributed by atoms with Gasteiger partial charge in [-0.1, -0.05) is 34.6 Å². The van der Waals surface area contributed by atoms with Crippen LogP contribution >= 0.6 is 12.6 Å². The van der Waals surface area contributed by atoms with Crippen LogP contribution in [-0.4, -0.2) is 18.5 Å². The summed E-state index contributed by atoms with van der Waals surface area (Å²) in [5, 5.41) is 0. The molecule has 0 amide bonds. The van der Waals surface area contributed by atoms with Gasteiger partial charge < -0.3 is 4.74 Å². The van der Waals surface area contributed by atoms with Crippen LogP contribution in [-0.2, 0) is 4.74 Å². The van der Waals surface area contributed by atoms with Gasteiger partial charge in [0, 0.05) is 5.41 Å². The smallest absolute Gasteiger partial charge is 0.0637 e. The molecule has 2 aliphatic rings. The van der Waals surface area contributed by atoms with Gasteiger partial charge in [-0.05, 0) is 54.6 Å². The van der Waals surface area contributed by atoms with Gasteiger partial charge in [-0.15, -0.1) is 0 Å². The van der Waals surface area contributed by atoms with Crippen molar-refractivity contribution in [2.45, 2.75) is 72.8 Å². The van der Waals surface area contributed by atoms with E-state index in [1.54, 1.807) is 0 Å². The number of hydrogen-bond acceptors (Lipinski definition) is 2. The van der Waals surface area contributed by atoms with Gasteiger partial charge in [0.05, 0.1) is 12.7 Å². The van der Waals surface area contributed by atoms with Gasteiger partial charge >= 0.3 is 0 Å². The Morgan fingerprint density at radius 1 is 1.21 bits per heavy atom. The van der Waals surface area contributed by atoms with Gasteiger partial charge in [-0.25, -0.2) is 0 Å². The van der Waals surface area contributed by atoms with Gasteiger partial charge in [0.1, 0.15) is 0 Å². The van der Waals surface area contributed by atoms with E-state index in [0.717, 1.165) is 18.3 Å². The average molecular weight is 285 g/mol. The molecule has 2 aliphatic carbocycles. The quantitative estimate of drug-likeness (QED) is 0.679. The predicted octanol–water partition coefficient (Wildman–Crippen LogP) is 4.95. The summed E-state index contributed by atoms with van der Waals surface area (Å²) in [6.07, 6.45) is 6.84. The fourth-order valence-corrected chi connectivity index (χ4v) is 4.92. The molecule has 0 spiro atoms. The van der Waals surface area contributed by atoms with E-state index in [9.17, 15) is 0 Å². The summed E-state index contributed by atoms with van der Waals surface area (Å²) in [5.41, 5.74) is 1.13. The zero-order valence-corrected chi connectivity index (χ0v) is 14.4. The minimum absolute atomic E-state index is 0.283. The third-order valence-corrected chi connectivity index (χ3v) is 7.81. The Hall–Kier alpha value is 0.310. The Morgan fingerprint density at radius 3 is 2.21 bits per heavy atom. The average Bonchev–Trinajstić information content (AvgIpc) is 2.74. The summed E-state index contributed by atoms with van der Waals surface area (Å²) in [6.45, 7) is 12.8. The first-order valence-corrected chi connectivity index (χ1v) is 8.71. The summed E-state index contributed by atoms with van der Waals surface area (Å²) in [7, 11) is 0. The third kappa shape index (κ3) is 2.27. The highest BCUT2D eigenvalue weighted by molar-refractivity contribution is 7.80. The molecule has 3 unspecified atom stereocenters. The van der Waals surface area contributed by atoms with E-state index in [0.29, 0.717) is 16.9 Å². The molecule has 2 rings (SSSR count). The van der Waals surface area contributed by atoms with Crippen molar-refractivity contribution in [3.63, 3.8) is 0 Å². The second-order valence-electron chi connectivity index (χ2n) is 7.78.